The first-order chi connectivity index (χ1) is 17.3. The number of aliphatic hydroxyl groups is 1. The number of amides is 1. The zero-order valence-electron chi connectivity index (χ0n) is 21.7. The maximum atomic E-state index is 13.5. The van der Waals surface area contributed by atoms with Crippen molar-refractivity contribution in [1.29, 1.82) is 0 Å². The lowest BCUT2D eigenvalue weighted by molar-refractivity contribution is -0.142. The summed E-state index contributed by atoms with van der Waals surface area (Å²) in [6, 6.07) is 20.1. The molecule has 7 heteroatoms. The largest absolute Gasteiger partial charge is 0.391 e. The topological polar surface area (TPSA) is 79.6 Å². The van der Waals surface area contributed by atoms with E-state index in [1.54, 1.807) is 0 Å². The van der Waals surface area contributed by atoms with Crippen LogP contribution in [0.25, 0.3) is 11.3 Å². The van der Waals surface area contributed by atoms with Crippen LogP contribution in [0, 0.1) is 11.3 Å². The van der Waals surface area contributed by atoms with E-state index in [2.05, 4.69) is 61.1 Å². The Morgan fingerprint density at radius 3 is 2.39 bits per heavy atom. The molecule has 0 saturated carbocycles. The Morgan fingerprint density at radius 1 is 1.14 bits per heavy atom. The van der Waals surface area contributed by atoms with Crippen molar-refractivity contribution in [2.24, 2.45) is 11.3 Å². The number of nitrogens with zero attached hydrogens (tertiary/aromatic N) is 3. The molecule has 36 heavy (non-hydrogen) atoms. The fraction of sp³-hybridized carbons (Fsp3) is 0.448. The van der Waals surface area contributed by atoms with Gasteiger partial charge in [-0.2, -0.15) is 0 Å². The van der Waals surface area contributed by atoms with Crippen LogP contribution in [0.3, 0.4) is 0 Å². The lowest BCUT2D eigenvalue weighted by Gasteiger charge is -2.41. The number of hydrogen-bond acceptors (Lipinski definition) is 5. The molecule has 3 atom stereocenters. The summed E-state index contributed by atoms with van der Waals surface area (Å²) < 4.78 is 7.45. The van der Waals surface area contributed by atoms with Crippen molar-refractivity contribution in [1.82, 2.24) is 19.8 Å². The van der Waals surface area contributed by atoms with E-state index in [9.17, 15) is 9.90 Å². The lowest BCUT2D eigenvalue weighted by Crippen LogP contribution is -2.47. The van der Waals surface area contributed by atoms with Crippen LogP contribution in [0.5, 0.6) is 0 Å². The first kappa shape index (κ1) is 26.1. The zero-order valence-corrected chi connectivity index (χ0v) is 21.7. The van der Waals surface area contributed by atoms with E-state index in [0.29, 0.717) is 26.2 Å². The second-order valence-electron chi connectivity index (χ2n) is 10.7. The monoisotopic (exact) mass is 490 g/mol. The molecule has 1 amide bonds. The highest BCUT2D eigenvalue weighted by molar-refractivity contribution is 5.78. The highest BCUT2D eigenvalue weighted by atomic mass is 16.5. The van der Waals surface area contributed by atoms with Crippen molar-refractivity contribution in [2.45, 2.75) is 39.5 Å². The summed E-state index contributed by atoms with van der Waals surface area (Å²) in [5.41, 5.74) is 2.74. The standard InChI is InChI=1S/C29H38N4O3/c1-29(2,3)27(33(26(35)20-36-4)18-23-15-30-16-25(23)34)28-31-24(22-13-9-6-10-14-22)19-32(28)17-21-11-7-5-8-12-21/h5-14,19,23,25,27,30,34H,15-18,20H2,1-4H3/t23-,25+,27-/m0/s1. The fourth-order valence-corrected chi connectivity index (χ4v) is 5.01. The van der Waals surface area contributed by atoms with E-state index >= 15 is 0 Å². The second-order valence-corrected chi connectivity index (χ2v) is 10.7. The van der Waals surface area contributed by atoms with Crippen molar-refractivity contribution in [3.63, 3.8) is 0 Å². The summed E-state index contributed by atoms with van der Waals surface area (Å²) in [6.07, 6.45) is 1.59. The Kier molecular flexibility index (Phi) is 8.24. The van der Waals surface area contributed by atoms with Crippen LogP contribution >= 0.6 is 0 Å². The lowest BCUT2D eigenvalue weighted by atomic mass is 9.84. The smallest absolute Gasteiger partial charge is 0.249 e. The molecule has 2 aromatic carbocycles. The summed E-state index contributed by atoms with van der Waals surface area (Å²) >= 11 is 0. The molecule has 1 aliphatic heterocycles. The van der Waals surface area contributed by atoms with Crippen LogP contribution in [0.15, 0.2) is 66.9 Å². The number of hydrogen-bond donors (Lipinski definition) is 2. The molecule has 1 fully saturated rings. The molecular weight excluding hydrogens is 452 g/mol. The SMILES string of the molecule is COCC(=O)N(C[C@@H]1CNC[C@H]1O)[C@@H](c1nc(-c2ccccc2)cn1Cc1ccccc1)C(C)(C)C. The first-order valence-corrected chi connectivity index (χ1v) is 12.6. The van der Waals surface area contributed by atoms with E-state index in [1.165, 1.54) is 7.11 Å². The van der Waals surface area contributed by atoms with Crippen LogP contribution < -0.4 is 5.32 Å². The molecule has 0 unspecified atom stereocenters. The summed E-state index contributed by atoms with van der Waals surface area (Å²) in [4.78, 5) is 20.5. The molecule has 2 N–H and O–H groups in total. The molecule has 1 aliphatic rings. The second kappa shape index (κ2) is 11.4. The van der Waals surface area contributed by atoms with Crippen LogP contribution in [0.2, 0.25) is 0 Å². The minimum Gasteiger partial charge on any atom is -0.391 e. The van der Waals surface area contributed by atoms with Gasteiger partial charge in [-0.05, 0) is 11.0 Å². The Bertz CT molecular complexity index is 1120. The van der Waals surface area contributed by atoms with E-state index in [4.69, 9.17) is 9.72 Å². The Labute approximate surface area is 214 Å². The third-order valence-corrected chi connectivity index (χ3v) is 6.77. The quantitative estimate of drug-likeness (QED) is 0.478. The third kappa shape index (κ3) is 6.03. The number of imidazole rings is 1. The molecule has 3 aromatic rings. The average Bonchev–Trinajstić information content (AvgIpc) is 3.45. The summed E-state index contributed by atoms with van der Waals surface area (Å²) in [7, 11) is 1.54. The minimum absolute atomic E-state index is 0.0201. The maximum Gasteiger partial charge on any atom is 0.249 e. The molecule has 2 heterocycles. The number of carbonyl (C=O) groups excluding carboxylic acids is 1. The Morgan fingerprint density at radius 2 is 1.81 bits per heavy atom. The van der Waals surface area contributed by atoms with Crippen LogP contribution in [-0.2, 0) is 16.1 Å². The van der Waals surface area contributed by atoms with Gasteiger partial charge in [0.05, 0.1) is 17.8 Å². The number of aliphatic hydroxyl groups excluding tert-OH is 1. The molecule has 0 spiro atoms. The van der Waals surface area contributed by atoms with E-state index in [-0.39, 0.29) is 29.9 Å². The number of methoxy groups -OCH3 is 1. The molecule has 1 saturated heterocycles. The van der Waals surface area contributed by atoms with Crippen molar-refractivity contribution in [2.75, 3.05) is 33.4 Å². The van der Waals surface area contributed by atoms with Gasteiger partial charge in [0.25, 0.3) is 0 Å². The normalized spacial score (nSPS) is 18.8. The predicted molar refractivity (Wildman–Crippen MR) is 141 cm³/mol. The van der Waals surface area contributed by atoms with E-state index < -0.39 is 6.10 Å². The highest BCUT2D eigenvalue weighted by Gasteiger charge is 2.40. The Balaban J connectivity index is 1.82. The van der Waals surface area contributed by atoms with Gasteiger partial charge in [-0.3, -0.25) is 4.79 Å². The number of ether oxygens (including phenoxy) is 1. The third-order valence-electron chi connectivity index (χ3n) is 6.77. The average molecular weight is 491 g/mol. The minimum atomic E-state index is -0.493. The highest BCUT2D eigenvalue weighted by Crippen LogP contribution is 2.40. The maximum absolute atomic E-state index is 13.5. The van der Waals surface area contributed by atoms with E-state index in [1.807, 2.05) is 41.3 Å². The van der Waals surface area contributed by atoms with Gasteiger partial charge in [0.15, 0.2) is 0 Å². The number of carbonyl (C=O) groups is 1. The number of rotatable bonds is 9. The van der Waals surface area contributed by atoms with Crippen LogP contribution in [0.1, 0.15) is 38.2 Å². The molecular formula is C29H38N4O3. The fourth-order valence-electron chi connectivity index (χ4n) is 5.01. The van der Waals surface area contributed by atoms with Crippen LogP contribution in [-0.4, -0.2) is 64.9 Å². The van der Waals surface area contributed by atoms with E-state index in [0.717, 1.165) is 22.6 Å². The molecule has 0 aliphatic carbocycles. The van der Waals surface area contributed by atoms with Gasteiger partial charge in [-0.15, -0.1) is 0 Å². The van der Waals surface area contributed by atoms with Gasteiger partial charge in [-0.25, -0.2) is 4.98 Å². The summed E-state index contributed by atoms with van der Waals surface area (Å²) in [5, 5.41) is 13.8. The molecule has 0 radical (unpaired) electrons. The van der Waals surface area contributed by atoms with Gasteiger partial charge >= 0.3 is 0 Å². The number of β-amino-alcohol motifs (C(OH)–C–C–N with tert-alkyl or cyclic N) is 1. The Hall–Kier alpha value is -3.00. The van der Waals surface area contributed by atoms with Crippen molar-refractivity contribution >= 4 is 5.91 Å². The van der Waals surface area contributed by atoms with Gasteiger partial charge in [0, 0.05) is 51.0 Å². The van der Waals surface area contributed by atoms with Crippen molar-refractivity contribution in [3.8, 4) is 11.3 Å². The predicted octanol–water partition coefficient (Wildman–Crippen LogP) is 3.74. The van der Waals surface area contributed by atoms with Crippen LogP contribution in [0.4, 0.5) is 0 Å². The van der Waals surface area contributed by atoms with Gasteiger partial charge in [-0.1, -0.05) is 81.4 Å². The molecule has 1 aromatic heterocycles. The van der Waals surface area contributed by atoms with Gasteiger partial charge in [0.1, 0.15) is 12.4 Å². The summed E-state index contributed by atoms with van der Waals surface area (Å²) in [6.45, 7) is 8.67. The van der Waals surface area contributed by atoms with Crippen molar-refractivity contribution < 1.29 is 14.6 Å². The number of aromatic nitrogens is 2. The molecule has 0 bridgehead atoms. The number of nitrogens with one attached hydrogen (secondary N) is 1. The summed E-state index contributed by atoms with van der Waals surface area (Å²) in [5.74, 6) is 0.670. The number of benzene rings is 2. The molecule has 4 rings (SSSR count). The van der Waals surface area contributed by atoms with Gasteiger partial charge < -0.3 is 24.6 Å². The molecule has 192 valence electrons. The van der Waals surface area contributed by atoms with Gasteiger partial charge in [0.2, 0.25) is 5.91 Å². The zero-order chi connectivity index (χ0) is 25.7. The first-order valence-electron chi connectivity index (χ1n) is 12.6. The molecule has 7 nitrogen and oxygen atoms in total. The van der Waals surface area contributed by atoms with Crippen molar-refractivity contribution in [3.05, 3.63) is 78.2 Å².